The highest BCUT2D eigenvalue weighted by Crippen LogP contribution is 2.28. The Morgan fingerprint density at radius 3 is 2.78 bits per heavy atom. The highest BCUT2D eigenvalue weighted by Gasteiger charge is 2.08. The van der Waals surface area contributed by atoms with Crippen molar-refractivity contribution in [2.45, 2.75) is 6.61 Å². The van der Waals surface area contributed by atoms with Crippen molar-refractivity contribution in [2.75, 3.05) is 12.4 Å². The summed E-state index contributed by atoms with van der Waals surface area (Å²) in [6, 6.07) is 7.33. The average molecular weight is 283 g/mol. The molecule has 0 fully saturated rings. The van der Waals surface area contributed by atoms with Gasteiger partial charge in [0.15, 0.2) is 5.75 Å². The van der Waals surface area contributed by atoms with Gasteiger partial charge in [-0.05, 0) is 18.2 Å². The maximum absolute atomic E-state index is 6.15. The number of aromatic nitrogens is 1. The van der Waals surface area contributed by atoms with Crippen LogP contribution in [0.4, 0.5) is 5.69 Å². The molecular formula is C13H12Cl2N2O. The van der Waals surface area contributed by atoms with Crippen molar-refractivity contribution in [3.05, 3.63) is 52.3 Å². The van der Waals surface area contributed by atoms with E-state index in [4.69, 9.17) is 27.9 Å². The molecule has 94 valence electrons. The van der Waals surface area contributed by atoms with E-state index in [0.717, 1.165) is 11.3 Å². The second-order valence-electron chi connectivity index (χ2n) is 3.61. The van der Waals surface area contributed by atoms with E-state index in [1.807, 2.05) is 25.2 Å². The summed E-state index contributed by atoms with van der Waals surface area (Å²) in [5.41, 5.74) is 1.82. The minimum atomic E-state index is 0.335. The van der Waals surface area contributed by atoms with Crippen LogP contribution >= 0.6 is 23.2 Å². The average Bonchev–Trinajstić information content (AvgIpc) is 2.39. The van der Waals surface area contributed by atoms with E-state index in [2.05, 4.69) is 10.3 Å². The molecule has 0 bridgehead atoms. The number of halogens is 2. The normalized spacial score (nSPS) is 10.2. The van der Waals surface area contributed by atoms with Crippen LogP contribution in [0.5, 0.6) is 5.75 Å². The Balaban J connectivity index is 2.18. The molecule has 0 spiro atoms. The van der Waals surface area contributed by atoms with Crippen LogP contribution in [0, 0.1) is 0 Å². The summed E-state index contributed by atoms with van der Waals surface area (Å²) in [6.07, 6.45) is 3.20. The van der Waals surface area contributed by atoms with Gasteiger partial charge < -0.3 is 10.1 Å². The Morgan fingerprint density at radius 1 is 1.22 bits per heavy atom. The van der Waals surface area contributed by atoms with E-state index in [1.165, 1.54) is 0 Å². The van der Waals surface area contributed by atoms with E-state index < -0.39 is 0 Å². The maximum atomic E-state index is 6.15. The van der Waals surface area contributed by atoms with Crippen LogP contribution in [0.15, 0.2) is 36.7 Å². The van der Waals surface area contributed by atoms with E-state index in [-0.39, 0.29) is 0 Å². The fraction of sp³-hybridized carbons (Fsp3) is 0.154. The molecule has 0 aliphatic carbocycles. The van der Waals surface area contributed by atoms with Crippen LogP contribution in [-0.2, 0) is 6.61 Å². The second-order valence-corrected chi connectivity index (χ2v) is 4.43. The number of hydrogen-bond acceptors (Lipinski definition) is 3. The quantitative estimate of drug-likeness (QED) is 0.920. The minimum absolute atomic E-state index is 0.335. The van der Waals surface area contributed by atoms with Crippen molar-refractivity contribution in [3.8, 4) is 5.75 Å². The van der Waals surface area contributed by atoms with Gasteiger partial charge in [-0.15, -0.1) is 0 Å². The molecule has 2 rings (SSSR count). The Morgan fingerprint density at radius 2 is 2.06 bits per heavy atom. The lowest BCUT2D eigenvalue weighted by molar-refractivity contribution is 0.306. The number of rotatable bonds is 4. The zero-order valence-electron chi connectivity index (χ0n) is 9.78. The van der Waals surface area contributed by atoms with Crippen LogP contribution in [0.1, 0.15) is 5.56 Å². The third-order valence-electron chi connectivity index (χ3n) is 2.49. The number of anilines is 1. The van der Waals surface area contributed by atoms with E-state index in [0.29, 0.717) is 22.4 Å². The number of hydrogen-bond donors (Lipinski definition) is 1. The minimum Gasteiger partial charge on any atom is -0.486 e. The molecule has 1 N–H and O–H groups in total. The molecule has 0 aliphatic rings. The van der Waals surface area contributed by atoms with Gasteiger partial charge in [0.1, 0.15) is 6.61 Å². The van der Waals surface area contributed by atoms with Crippen molar-refractivity contribution in [3.63, 3.8) is 0 Å². The van der Waals surface area contributed by atoms with Gasteiger partial charge in [-0.25, -0.2) is 0 Å². The van der Waals surface area contributed by atoms with Crippen LogP contribution < -0.4 is 10.1 Å². The number of nitrogens with zero attached hydrogens (tertiary/aromatic N) is 1. The maximum Gasteiger partial charge on any atom is 0.156 e. The molecule has 2 aromatic rings. The molecule has 0 saturated carbocycles. The van der Waals surface area contributed by atoms with Gasteiger partial charge in [-0.1, -0.05) is 29.3 Å². The third-order valence-corrected chi connectivity index (χ3v) is 3.16. The summed E-state index contributed by atoms with van der Waals surface area (Å²) in [5, 5.41) is 4.26. The highest BCUT2D eigenvalue weighted by atomic mass is 35.5. The number of ether oxygens (including phenoxy) is 1. The molecule has 18 heavy (non-hydrogen) atoms. The zero-order chi connectivity index (χ0) is 13.0. The van der Waals surface area contributed by atoms with Gasteiger partial charge in [0.25, 0.3) is 0 Å². The monoisotopic (exact) mass is 282 g/mol. The summed E-state index contributed by atoms with van der Waals surface area (Å²) in [7, 11) is 1.84. The zero-order valence-corrected chi connectivity index (χ0v) is 11.3. The lowest BCUT2D eigenvalue weighted by Gasteiger charge is -2.12. The summed E-state index contributed by atoms with van der Waals surface area (Å²) in [6.45, 7) is 0.335. The molecule has 0 saturated heterocycles. The van der Waals surface area contributed by atoms with E-state index >= 15 is 0 Å². The molecule has 5 heteroatoms. The van der Waals surface area contributed by atoms with Crippen LogP contribution in [0.2, 0.25) is 10.0 Å². The summed E-state index contributed by atoms with van der Waals surface area (Å²) in [4.78, 5) is 3.96. The first kappa shape index (κ1) is 13.0. The lowest BCUT2D eigenvalue weighted by atomic mass is 10.2. The first-order valence-corrected chi connectivity index (χ1v) is 6.15. The van der Waals surface area contributed by atoms with E-state index in [1.54, 1.807) is 18.5 Å². The molecular weight excluding hydrogens is 271 g/mol. The van der Waals surface area contributed by atoms with Gasteiger partial charge >= 0.3 is 0 Å². The molecule has 3 nitrogen and oxygen atoms in total. The predicted molar refractivity (Wildman–Crippen MR) is 74.6 cm³/mol. The Kier molecular flexibility index (Phi) is 4.28. The molecule has 0 unspecified atom stereocenters. The Labute approximate surface area is 116 Å². The van der Waals surface area contributed by atoms with Gasteiger partial charge in [-0.3, -0.25) is 4.98 Å². The van der Waals surface area contributed by atoms with Crippen LogP contribution in [0.25, 0.3) is 0 Å². The van der Waals surface area contributed by atoms with E-state index in [9.17, 15) is 0 Å². The molecule has 1 aromatic heterocycles. The molecule has 0 atom stereocenters. The van der Waals surface area contributed by atoms with Gasteiger partial charge in [-0.2, -0.15) is 0 Å². The number of nitrogens with one attached hydrogen (secondary N) is 1. The Bertz CT molecular complexity index is 546. The Hall–Kier alpha value is -1.45. The van der Waals surface area contributed by atoms with Crippen molar-refractivity contribution in [2.24, 2.45) is 0 Å². The van der Waals surface area contributed by atoms with Crippen LogP contribution in [0.3, 0.4) is 0 Å². The third kappa shape index (κ3) is 2.86. The van der Waals surface area contributed by atoms with Crippen LogP contribution in [-0.4, -0.2) is 12.0 Å². The highest BCUT2D eigenvalue weighted by molar-refractivity contribution is 6.32. The molecule has 0 aliphatic heterocycles. The predicted octanol–water partition coefficient (Wildman–Crippen LogP) is 4.01. The number of pyridine rings is 1. The SMILES string of the molecule is CNc1cccc(Cl)c1COc1cnccc1Cl. The van der Waals surface area contributed by atoms with Crippen molar-refractivity contribution in [1.82, 2.24) is 4.98 Å². The molecule has 1 aromatic carbocycles. The van der Waals surface area contributed by atoms with Crippen molar-refractivity contribution < 1.29 is 4.74 Å². The van der Waals surface area contributed by atoms with Gasteiger partial charge in [0.05, 0.1) is 11.2 Å². The van der Waals surface area contributed by atoms with Gasteiger partial charge in [0.2, 0.25) is 0 Å². The molecule has 1 heterocycles. The van der Waals surface area contributed by atoms with Gasteiger partial charge in [0, 0.05) is 29.5 Å². The smallest absolute Gasteiger partial charge is 0.156 e. The number of benzene rings is 1. The molecule has 0 amide bonds. The second kappa shape index (κ2) is 5.94. The summed E-state index contributed by atoms with van der Waals surface area (Å²) in [5.74, 6) is 0.543. The summed E-state index contributed by atoms with van der Waals surface area (Å²) >= 11 is 12.1. The fourth-order valence-corrected chi connectivity index (χ4v) is 1.95. The first-order valence-electron chi connectivity index (χ1n) is 5.40. The fourth-order valence-electron chi connectivity index (χ4n) is 1.56. The van der Waals surface area contributed by atoms with Crippen molar-refractivity contribution >= 4 is 28.9 Å². The standard InChI is InChI=1S/C13H12Cl2N2O/c1-16-12-4-2-3-10(14)9(12)8-18-13-7-17-6-5-11(13)15/h2-7,16H,8H2,1H3. The largest absolute Gasteiger partial charge is 0.486 e. The summed E-state index contributed by atoms with van der Waals surface area (Å²) < 4.78 is 5.63. The van der Waals surface area contributed by atoms with Crippen molar-refractivity contribution in [1.29, 1.82) is 0 Å². The molecule has 0 radical (unpaired) electrons. The topological polar surface area (TPSA) is 34.1 Å². The first-order chi connectivity index (χ1) is 8.72. The lowest BCUT2D eigenvalue weighted by Crippen LogP contribution is -2.02.